The largest absolute Gasteiger partial charge is 0.394 e. The number of aliphatic hydroxyl groups excluding tert-OH is 19. The van der Waals surface area contributed by atoms with Crippen LogP contribution in [0.2, 0.25) is 0 Å². The zero-order valence-electron chi connectivity index (χ0n) is 59.4. The van der Waals surface area contributed by atoms with E-state index in [1.807, 2.05) is 0 Å². The number of thioether (sulfide) groups is 2. The van der Waals surface area contributed by atoms with E-state index < -0.39 is 278 Å². The highest BCUT2D eigenvalue weighted by atomic mass is 32.2. The molecule has 21 fully saturated rings. The molecule has 15 unspecified atom stereocenters. The van der Waals surface area contributed by atoms with Crippen molar-refractivity contribution in [3.8, 4) is 0 Å². The number of amides is 2. The highest BCUT2D eigenvalue weighted by molar-refractivity contribution is 7.99. The first-order chi connectivity index (χ1) is 52.1. The zero-order valence-corrected chi connectivity index (χ0v) is 62.8. The number of nitrogens with one attached hydrogen (secondary N) is 3. The summed E-state index contributed by atoms with van der Waals surface area (Å²) in [6.45, 7) is -3.37. The number of ether oxygens (including phenoxy) is 16. The van der Waals surface area contributed by atoms with Crippen LogP contribution >= 0.6 is 48.8 Å². The molecule has 42 nitrogen and oxygen atoms in total. The Morgan fingerprint density at radius 2 is 0.633 bits per heavy atom. The van der Waals surface area contributed by atoms with Gasteiger partial charge in [0.15, 0.2) is 44.0 Å². The Morgan fingerprint density at radius 1 is 0.367 bits per heavy atom. The molecule has 21 aliphatic rings. The fourth-order valence-electron chi connectivity index (χ4n) is 13.3. The van der Waals surface area contributed by atoms with E-state index in [4.69, 9.17) is 75.8 Å². The Kier molecular flexibility index (Phi) is 38.0. The second-order valence-corrected chi connectivity index (χ2v) is 30.1. The summed E-state index contributed by atoms with van der Waals surface area (Å²) in [5.74, 6) is -2.89. The molecule has 0 saturated carbocycles. The fourth-order valence-corrected chi connectivity index (χ4v) is 15.9. The molecule has 0 aliphatic carbocycles. The van der Waals surface area contributed by atoms with Crippen LogP contribution in [0, 0.1) is 5.92 Å². The van der Waals surface area contributed by atoms with Crippen molar-refractivity contribution >= 4 is 72.2 Å². The number of aliphatic hydroxyl groups is 19. The van der Waals surface area contributed by atoms with E-state index in [-0.39, 0.29) is 93.3 Å². The van der Waals surface area contributed by atoms with Crippen molar-refractivity contribution in [1.82, 2.24) is 16.0 Å². The molecule has 0 radical (unpaired) electrons. The molecular weight excluding hydrogens is 1550 g/mol. The maximum absolute atomic E-state index is 13.7. The van der Waals surface area contributed by atoms with Crippen LogP contribution in [0.15, 0.2) is 0 Å². The predicted octanol–water partition coefficient (Wildman–Crippen LogP) is -13.1. The Balaban J connectivity index is 1.09. The van der Waals surface area contributed by atoms with Crippen molar-refractivity contribution in [3.05, 3.63) is 0 Å². The summed E-state index contributed by atoms with van der Waals surface area (Å²) in [5, 5.41) is 227. The lowest BCUT2D eigenvalue weighted by Gasteiger charge is -2.50. The van der Waals surface area contributed by atoms with Gasteiger partial charge in [-0.15, -0.1) is 0 Å². The third-order valence-electron chi connectivity index (χ3n) is 19.4. The quantitative estimate of drug-likeness (QED) is 0.0226. The van der Waals surface area contributed by atoms with Gasteiger partial charge in [0.2, 0.25) is 11.8 Å². The second kappa shape index (κ2) is 44.7. The molecule has 46 heteroatoms. The highest BCUT2D eigenvalue weighted by Crippen LogP contribution is 2.40. The number of hydrogen-bond acceptors (Lipinski definition) is 44. The van der Waals surface area contributed by atoms with Crippen molar-refractivity contribution in [1.29, 1.82) is 0 Å². The van der Waals surface area contributed by atoms with E-state index in [0.29, 0.717) is 5.75 Å². The molecule has 21 saturated heterocycles. The van der Waals surface area contributed by atoms with E-state index in [0.717, 1.165) is 23.5 Å². The van der Waals surface area contributed by atoms with E-state index in [9.17, 15) is 116 Å². The minimum atomic E-state index is -2.29. The summed E-state index contributed by atoms with van der Waals surface area (Å²) in [5.41, 5.74) is 0. The first-order valence-corrected chi connectivity index (χ1v) is 39.2. The lowest BCUT2D eigenvalue weighted by Crippen LogP contribution is -2.68. The van der Waals surface area contributed by atoms with Gasteiger partial charge in [-0.2, -0.15) is 48.8 Å². The van der Waals surface area contributed by atoms with Crippen LogP contribution in [0.5, 0.6) is 0 Å². The van der Waals surface area contributed by atoms with Gasteiger partial charge < -0.3 is 189 Å². The number of thiol groups is 2. The SMILES string of the molecule is CNC(CSCC1O[C@@H]2O[C@@H]3C(CO)O[C@H](O[C@@H]4C(CO)O[C@H](O[C@@H]5C(CO)O[C@H](O[C@@H]6C(CSC[C@@H](CC(=O)CCOCCOCCC(C)=O)C(=O)NCCS)O[C@H](O[C@@H]7C(CO)O[C@@H](O[C@@H]8C(CO)O[C@H](O[C@H]1[C@H](O)C2O)C(O)[C@H]8O)C(O)[C@H]7O)C(O)[C@H]6O)C(O)[C@H]5O)C(O)[C@H]4O)C(O)[C@H]3O)C(=O)NCCS. The minimum absolute atomic E-state index is 0.0103. The summed E-state index contributed by atoms with van der Waals surface area (Å²) >= 11 is 10.2. The Bertz CT molecular complexity index is 2740. The average molecular weight is 1660 g/mol. The highest BCUT2D eigenvalue weighted by Gasteiger charge is 2.60. The van der Waals surface area contributed by atoms with E-state index in [2.05, 4.69) is 41.2 Å². The van der Waals surface area contributed by atoms with Crippen LogP contribution in [-0.4, -0.2) is 456 Å². The van der Waals surface area contributed by atoms with Gasteiger partial charge in [0.25, 0.3) is 0 Å². The molecular formula is C63H107N3O39S4. The Morgan fingerprint density at radius 3 is 0.908 bits per heavy atom. The number of Topliss-reactive ketones (excluding diaryl/α,β-unsaturated/α-hetero) is 2. The van der Waals surface area contributed by atoms with Crippen molar-refractivity contribution in [2.75, 3.05) is 114 Å². The average Bonchev–Trinajstić information content (AvgIpc) is 0.804. The van der Waals surface area contributed by atoms with Crippen molar-refractivity contribution in [2.45, 2.75) is 247 Å². The van der Waals surface area contributed by atoms with Gasteiger partial charge in [-0.05, 0) is 14.0 Å². The minimum Gasteiger partial charge on any atom is -0.394 e. The molecule has 21 rings (SSSR count). The van der Waals surface area contributed by atoms with Crippen molar-refractivity contribution in [2.24, 2.45) is 5.92 Å². The Labute approximate surface area is 644 Å². The van der Waals surface area contributed by atoms with Crippen LogP contribution in [0.25, 0.3) is 0 Å². The molecule has 109 heavy (non-hydrogen) atoms. The molecule has 21 aliphatic heterocycles. The number of carbonyl (C=O) groups excluding carboxylic acids is 4. The van der Waals surface area contributed by atoms with Crippen LogP contribution < -0.4 is 16.0 Å². The number of hydrogen-bond donors (Lipinski definition) is 24. The molecule has 22 N–H and O–H groups in total. The normalized spacial score (nSPS) is 43.0. The van der Waals surface area contributed by atoms with Crippen molar-refractivity contribution in [3.63, 3.8) is 0 Å². The first kappa shape index (κ1) is 92.7. The topological polar surface area (TPSA) is 636 Å². The van der Waals surface area contributed by atoms with Gasteiger partial charge in [-0.25, -0.2) is 0 Å². The second-order valence-electron chi connectivity index (χ2n) is 27.1. The number of likely N-dealkylation sites (N-methyl/N-ethyl adjacent to an activating group) is 1. The number of ketones is 2. The van der Waals surface area contributed by atoms with Crippen LogP contribution in [0.3, 0.4) is 0 Å². The lowest BCUT2D eigenvalue weighted by molar-refractivity contribution is -0.395. The molecule has 632 valence electrons. The molecule has 21 heterocycles. The van der Waals surface area contributed by atoms with Gasteiger partial charge in [0.1, 0.15) is 170 Å². The summed E-state index contributed by atoms with van der Waals surface area (Å²) in [4.78, 5) is 51.3. The monoisotopic (exact) mass is 1660 g/mol. The summed E-state index contributed by atoms with van der Waals surface area (Å²) in [6.07, 6.45) is -72.0. The molecule has 37 atom stereocenters. The van der Waals surface area contributed by atoms with Crippen LogP contribution in [0.4, 0.5) is 0 Å². The van der Waals surface area contributed by atoms with Crippen molar-refractivity contribution < 1.29 is 192 Å². The maximum atomic E-state index is 13.7. The van der Waals surface area contributed by atoms with Gasteiger partial charge in [-0.1, -0.05) is 0 Å². The third kappa shape index (κ3) is 23.6. The zero-order chi connectivity index (χ0) is 79.7. The smallest absolute Gasteiger partial charge is 0.238 e. The molecule has 14 bridgehead atoms. The summed E-state index contributed by atoms with van der Waals surface area (Å²) < 4.78 is 94.6. The molecule has 0 aromatic carbocycles. The Hall–Kier alpha value is -1.76. The summed E-state index contributed by atoms with van der Waals surface area (Å²) in [7, 11) is 1.50. The van der Waals surface area contributed by atoms with Gasteiger partial charge in [0.05, 0.1) is 83.6 Å². The maximum Gasteiger partial charge on any atom is 0.238 e. The standard InChI is InChI=1S/C63H107N3O39S4/c1-23(72)3-7-90-9-10-91-8-4-25(73)13-24(55(88)65-5-11-106)19-108-21-32-53-39(79)46(86)62(97-32)102-51-30(17-70)93-59(42(82)35(51)75)101-50-29(16-69)96-61(45(85)38(50)78)105-54-33(22-109-20-26(64-2)56(89)66-6-12-107)98-63(47(87)40(54)80)103-52-31(18-71)94-58(43(83)36(52)76)99-48-27(14-67)92-57(41(81)34(48)74)100-49-28(15-68)95-60(104-53)44(84)37(49)77/h24,26-54,57-64,67-71,74-87,106-107H,3-22H2,1-2H3,(H,65,88)(H,66,89)/t24-,26?,27?,28?,29?,30?,31?,32?,33?,34-,35-,36-,37-,38-,39-,40-,41?,42?,43?,44?,45?,46?,47?,48-,49-,50-,51-,52-,53-,54-,57-,58-,59+,60-,61-,62-,63-/m1/s1. The van der Waals surface area contributed by atoms with Gasteiger partial charge in [-0.3, -0.25) is 19.2 Å². The van der Waals surface area contributed by atoms with E-state index in [1.54, 1.807) is 0 Å². The van der Waals surface area contributed by atoms with Gasteiger partial charge in [0, 0.05) is 66.9 Å². The number of carbonyl (C=O) groups is 4. The predicted molar refractivity (Wildman–Crippen MR) is 370 cm³/mol. The van der Waals surface area contributed by atoms with Gasteiger partial charge >= 0.3 is 0 Å². The van der Waals surface area contributed by atoms with E-state index in [1.165, 1.54) is 14.0 Å². The molecule has 0 aromatic rings. The third-order valence-corrected chi connectivity index (χ3v) is 22.2. The lowest BCUT2D eigenvalue weighted by atomic mass is 9.95. The summed E-state index contributed by atoms with van der Waals surface area (Å²) in [6, 6.07) is -0.860. The first-order valence-electron chi connectivity index (χ1n) is 35.6. The van der Waals surface area contributed by atoms with Crippen LogP contribution in [0.1, 0.15) is 26.2 Å². The molecule has 0 spiro atoms. The van der Waals surface area contributed by atoms with Crippen LogP contribution in [-0.2, 0) is 95.0 Å². The number of rotatable bonds is 31. The molecule has 2 amide bonds. The van der Waals surface area contributed by atoms with E-state index >= 15 is 0 Å². The molecule has 0 aromatic heterocycles. The fraction of sp³-hybridized carbons (Fsp3) is 0.937.